The minimum atomic E-state index is 0.200. The predicted molar refractivity (Wildman–Crippen MR) is 83.5 cm³/mol. The van der Waals surface area contributed by atoms with Gasteiger partial charge in [0.2, 0.25) is 0 Å². The third kappa shape index (κ3) is 3.07. The summed E-state index contributed by atoms with van der Waals surface area (Å²) in [6.07, 6.45) is 2.63. The summed E-state index contributed by atoms with van der Waals surface area (Å²) in [6, 6.07) is 6.50. The van der Waals surface area contributed by atoms with Crippen molar-refractivity contribution < 1.29 is 18.9 Å². The van der Waals surface area contributed by atoms with E-state index in [0.717, 1.165) is 44.0 Å². The second kappa shape index (κ2) is 6.86. The van der Waals surface area contributed by atoms with Gasteiger partial charge in [-0.05, 0) is 30.5 Å². The minimum Gasteiger partial charge on any atom is -0.497 e. The molecule has 0 amide bonds. The molecule has 2 aliphatic rings. The van der Waals surface area contributed by atoms with Gasteiger partial charge in [0.25, 0.3) is 0 Å². The van der Waals surface area contributed by atoms with Gasteiger partial charge in [0.05, 0.1) is 33.0 Å². The molecule has 0 radical (unpaired) electrons. The molecule has 1 aromatic carbocycles. The van der Waals surface area contributed by atoms with Crippen LogP contribution in [0.15, 0.2) is 18.2 Å². The van der Waals surface area contributed by atoms with Crippen molar-refractivity contribution in [2.24, 2.45) is 0 Å². The van der Waals surface area contributed by atoms with Crippen LogP contribution in [0.3, 0.4) is 0 Å². The van der Waals surface area contributed by atoms with Crippen LogP contribution >= 0.6 is 0 Å². The van der Waals surface area contributed by atoms with Crippen LogP contribution in [0.5, 0.6) is 11.5 Å². The number of methoxy groups -OCH3 is 3. The predicted octanol–water partition coefficient (Wildman–Crippen LogP) is 2.08. The van der Waals surface area contributed by atoms with Crippen molar-refractivity contribution in [1.29, 1.82) is 0 Å². The SMILES string of the molecule is COc1cc(CN2CCO[C@H]3[C@H](OC)CC[C@@H]32)cc(OC)c1. The van der Waals surface area contributed by atoms with Gasteiger partial charge in [-0.1, -0.05) is 0 Å². The smallest absolute Gasteiger partial charge is 0.122 e. The van der Waals surface area contributed by atoms with Crippen LogP contribution in [0, 0.1) is 0 Å². The zero-order valence-corrected chi connectivity index (χ0v) is 13.6. The highest BCUT2D eigenvalue weighted by molar-refractivity contribution is 5.38. The number of morpholine rings is 1. The van der Waals surface area contributed by atoms with Crippen LogP contribution in [0.2, 0.25) is 0 Å². The number of hydrogen-bond acceptors (Lipinski definition) is 5. The zero-order chi connectivity index (χ0) is 15.5. The van der Waals surface area contributed by atoms with Crippen LogP contribution in [-0.4, -0.2) is 57.6 Å². The van der Waals surface area contributed by atoms with Crippen LogP contribution < -0.4 is 9.47 Å². The highest BCUT2D eigenvalue weighted by Gasteiger charge is 2.42. The van der Waals surface area contributed by atoms with Gasteiger partial charge >= 0.3 is 0 Å². The number of ether oxygens (including phenoxy) is 4. The first-order valence-corrected chi connectivity index (χ1v) is 7.85. The molecule has 1 aliphatic carbocycles. The van der Waals surface area contributed by atoms with Crippen LogP contribution in [0.25, 0.3) is 0 Å². The lowest BCUT2D eigenvalue weighted by Gasteiger charge is -2.39. The molecule has 2 fully saturated rings. The van der Waals surface area contributed by atoms with Gasteiger partial charge in [0.1, 0.15) is 11.5 Å². The fraction of sp³-hybridized carbons (Fsp3) is 0.647. The molecule has 3 rings (SSSR count). The Bertz CT molecular complexity index is 485. The summed E-state index contributed by atoms with van der Waals surface area (Å²) in [7, 11) is 5.15. The highest BCUT2D eigenvalue weighted by Crippen LogP contribution is 2.33. The van der Waals surface area contributed by atoms with E-state index in [9.17, 15) is 0 Å². The molecule has 0 N–H and O–H groups in total. The minimum absolute atomic E-state index is 0.200. The number of fused-ring (bicyclic) bond motifs is 1. The number of nitrogens with zero attached hydrogens (tertiary/aromatic N) is 1. The van der Waals surface area contributed by atoms with Gasteiger partial charge < -0.3 is 18.9 Å². The first kappa shape index (κ1) is 15.6. The molecule has 5 heteroatoms. The number of hydrogen-bond donors (Lipinski definition) is 0. The second-order valence-corrected chi connectivity index (χ2v) is 5.95. The summed E-state index contributed by atoms with van der Waals surface area (Å²) in [4.78, 5) is 2.50. The molecule has 1 saturated carbocycles. The van der Waals surface area contributed by atoms with E-state index in [2.05, 4.69) is 17.0 Å². The van der Waals surface area contributed by atoms with Crippen molar-refractivity contribution in [3.8, 4) is 11.5 Å². The topological polar surface area (TPSA) is 40.2 Å². The van der Waals surface area contributed by atoms with Crippen molar-refractivity contribution >= 4 is 0 Å². The quantitative estimate of drug-likeness (QED) is 0.833. The lowest BCUT2D eigenvalue weighted by Crippen LogP contribution is -2.51. The van der Waals surface area contributed by atoms with E-state index in [0.29, 0.717) is 6.04 Å². The summed E-state index contributed by atoms with van der Waals surface area (Å²) >= 11 is 0. The number of benzene rings is 1. The van der Waals surface area contributed by atoms with E-state index < -0.39 is 0 Å². The van der Waals surface area contributed by atoms with E-state index in [1.807, 2.05) is 6.07 Å². The molecular formula is C17H25NO4. The maximum atomic E-state index is 5.95. The Labute approximate surface area is 132 Å². The van der Waals surface area contributed by atoms with E-state index in [1.54, 1.807) is 21.3 Å². The first-order valence-electron chi connectivity index (χ1n) is 7.85. The largest absolute Gasteiger partial charge is 0.497 e. The Balaban J connectivity index is 1.75. The molecule has 0 unspecified atom stereocenters. The monoisotopic (exact) mass is 307 g/mol. The number of rotatable bonds is 5. The molecule has 3 atom stereocenters. The van der Waals surface area contributed by atoms with Gasteiger partial charge in [-0.3, -0.25) is 4.90 Å². The Morgan fingerprint density at radius 3 is 2.45 bits per heavy atom. The Hall–Kier alpha value is -1.30. The van der Waals surface area contributed by atoms with Gasteiger partial charge in [0.15, 0.2) is 0 Å². The fourth-order valence-electron chi connectivity index (χ4n) is 3.63. The van der Waals surface area contributed by atoms with Crippen molar-refractivity contribution in [3.05, 3.63) is 23.8 Å². The van der Waals surface area contributed by atoms with Crippen molar-refractivity contribution in [2.45, 2.75) is 37.6 Å². The molecule has 1 aliphatic heterocycles. The third-order valence-electron chi connectivity index (χ3n) is 4.75. The maximum absolute atomic E-state index is 5.95. The molecule has 0 aromatic heterocycles. The molecule has 1 heterocycles. The fourth-order valence-corrected chi connectivity index (χ4v) is 3.63. The Morgan fingerprint density at radius 2 is 1.82 bits per heavy atom. The second-order valence-electron chi connectivity index (χ2n) is 5.95. The summed E-state index contributed by atoms with van der Waals surface area (Å²) in [5, 5.41) is 0. The molecule has 0 bridgehead atoms. The Kier molecular flexibility index (Phi) is 4.86. The van der Waals surface area contributed by atoms with E-state index in [-0.39, 0.29) is 12.2 Å². The van der Waals surface area contributed by atoms with Gasteiger partial charge in [0, 0.05) is 32.3 Å². The lowest BCUT2D eigenvalue weighted by atomic mass is 10.1. The highest BCUT2D eigenvalue weighted by atomic mass is 16.5. The molecule has 122 valence electrons. The molecule has 1 aromatic rings. The van der Waals surface area contributed by atoms with Crippen molar-refractivity contribution in [2.75, 3.05) is 34.5 Å². The first-order chi connectivity index (χ1) is 10.7. The van der Waals surface area contributed by atoms with Gasteiger partial charge in [-0.15, -0.1) is 0 Å². The van der Waals surface area contributed by atoms with Crippen LogP contribution in [-0.2, 0) is 16.0 Å². The third-order valence-corrected chi connectivity index (χ3v) is 4.75. The molecule has 0 spiro atoms. The molecular weight excluding hydrogens is 282 g/mol. The van der Waals surface area contributed by atoms with Crippen LogP contribution in [0.1, 0.15) is 18.4 Å². The molecule has 1 saturated heterocycles. The average Bonchev–Trinajstić information content (AvgIpc) is 2.98. The van der Waals surface area contributed by atoms with Crippen LogP contribution in [0.4, 0.5) is 0 Å². The summed E-state index contributed by atoms with van der Waals surface area (Å²) in [6.45, 7) is 2.60. The normalized spacial score (nSPS) is 28.4. The standard InChI is InChI=1S/C17H25NO4/c1-19-13-8-12(9-14(10-13)20-2)11-18-6-7-22-17-15(18)4-5-16(17)21-3/h8-10,15-17H,4-7,11H2,1-3H3/t15-,16+,17+/m0/s1. The summed E-state index contributed by atoms with van der Waals surface area (Å²) in [5.41, 5.74) is 1.21. The average molecular weight is 307 g/mol. The van der Waals surface area contributed by atoms with E-state index in [1.165, 1.54) is 5.56 Å². The van der Waals surface area contributed by atoms with E-state index >= 15 is 0 Å². The Morgan fingerprint density at radius 1 is 1.09 bits per heavy atom. The van der Waals surface area contributed by atoms with Gasteiger partial charge in [-0.2, -0.15) is 0 Å². The van der Waals surface area contributed by atoms with Crippen molar-refractivity contribution in [1.82, 2.24) is 4.90 Å². The van der Waals surface area contributed by atoms with Gasteiger partial charge in [-0.25, -0.2) is 0 Å². The van der Waals surface area contributed by atoms with Crippen molar-refractivity contribution in [3.63, 3.8) is 0 Å². The lowest BCUT2D eigenvalue weighted by molar-refractivity contribution is -0.106. The maximum Gasteiger partial charge on any atom is 0.122 e. The molecule has 5 nitrogen and oxygen atoms in total. The summed E-state index contributed by atoms with van der Waals surface area (Å²) in [5.74, 6) is 1.67. The van der Waals surface area contributed by atoms with E-state index in [4.69, 9.17) is 18.9 Å². The summed E-state index contributed by atoms with van der Waals surface area (Å²) < 4.78 is 22.2. The molecule has 22 heavy (non-hydrogen) atoms. The zero-order valence-electron chi connectivity index (χ0n) is 13.6.